The van der Waals surface area contributed by atoms with E-state index in [4.69, 9.17) is 0 Å². The van der Waals surface area contributed by atoms with Crippen molar-refractivity contribution in [1.82, 2.24) is 9.97 Å². The molecule has 4 rings (SSSR count). The van der Waals surface area contributed by atoms with Crippen molar-refractivity contribution in [3.05, 3.63) is 78.4 Å². The molecule has 1 aliphatic heterocycles. The average molecular weight is 391 g/mol. The van der Waals surface area contributed by atoms with Gasteiger partial charge < -0.3 is 15.1 Å². The number of hydrogen-bond acceptors (Lipinski definition) is 5. The van der Waals surface area contributed by atoms with Crippen LogP contribution in [0.4, 0.5) is 21.7 Å². The van der Waals surface area contributed by atoms with Gasteiger partial charge in [-0.15, -0.1) is 0 Å². The number of carbonyl (C=O) groups is 1. The minimum Gasteiger partial charge on any atom is -0.368 e. The number of carbonyl (C=O) groups excluding carboxylic acids is 1. The van der Waals surface area contributed by atoms with Crippen LogP contribution >= 0.6 is 0 Å². The highest BCUT2D eigenvalue weighted by Crippen LogP contribution is 2.21. The van der Waals surface area contributed by atoms with Crippen molar-refractivity contribution in [3.8, 4) is 0 Å². The third-order valence-electron chi connectivity index (χ3n) is 4.94. The van der Waals surface area contributed by atoms with Crippen molar-refractivity contribution >= 4 is 23.2 Å². The summed E-state index contributed by atoms with van der Waals surface area (Å²) in [4.78, 5) is 25.3. The summed E-state index contributed by atoms with van der Waals surface area (Å²) in [6.45, 7) is 3.45. The lowest BCUT2D eigenvalue weighted by Gasteiger charge is -2.36. The zero-order chi connectivity index (χ0) is 20.1. The van der Waals surface area contributed by atoms with Crippen LogP contribution in [0, 0.1) is 5.82 Å². The van der Waals surface area contributed by atoms with Crippen LogP contribution in [-0.2, 0) is 11.2 Å². The normalized spacial score (nSPS) is 14.0. The molecule has 0 bridgehead atoms. The molecule has 0 unspecified atom stereocenters. The van der Waals surface area contributed by atoms with Crippen molar-refractivity contribution in [2.45, 2.75) is 6.42 Å². The first kappa shape index (κ1) is 18.9. The zero-order valence-electron chi connectivity index (χ0n) is 16.0. The monoisotopic (exact) mass is 391 g/mol. The van der Waals surface area contributed by atoms with Gasteiger partial charge in [0.15, 0.2) is 0 Å². The molecule has 1 N–H and O–H groups in total. The fourth-order valence-corrected chi connectivity index (χ4v) is 3.39. The Balaban J connectivity index is 1.31. The SMILES string of the molecule is O=C(Cc1ccccc1F)Nc1ccc(N2CCN(c3ncccn3)CC2)cc1. The van der Waals surface area contributed by atoms with Gasteiger partial charge in [-0.1, -0.05) is 18.2 Å². The molecule has 6 nitrogen and oxygen atoms in total. The number of halogens is 1. The second-order valence-corrected chi connectivity index (χ2v) is 6.89. The predicted octanol–water partition coefficient (Wildman–Crippen LogP) is 3.12. The Bertz CT molecular complexity index is 956. The number of nitrogens with zero attached hydrogens (tertiary/aromatic N) is 4. The highest BCUT2D eigenvalue weighted by Gasteiger charge is 2.19. The van der Waals surface area contributed by atoms with Crippen LogP contribution in [0.2, 0.25) is 0 Å². The maximum Gasteiger partial charge on any atom is 0.228 e. The largest absolute Gasteiger partial charge is 0.368 e. The number of amides is 1. The summed E-state index contributed by atoms with van der Waals surface area (Å²) in [6, 6.07) is 15.9. The van der Waals surface area contributed by atoms with Crippen LogP contribution in [0.3, 0.4) is 0 Å². The standard InChI is InChI=1S/C22H22FN5O/c23-20-5-2-1-4-17(20)16-21(29)26-18-6-8-19(9-7-18)27-12-14-28(15-13-27)22-24-10-3-11-25-22/h1-11H,12-16H2,(H,26,29). The molecule has 7 heteroatoms. The Hall–Kier alpha value is -3.48. The molecule has 1 fully saturated rings. The van der Waals surface area contributed by atoms with Crippen LogP contribution in [0.15, 0.2) is 67.0 Å². The lowest BCUT2D eigenvalue weighted by molar-refractivity contribution is -0.115. The van der Waals surface area contributed by atoms with Crippen LogP contribution in [0.5, 0.6) is 0 Å². The summed E-state index contributed by atoms with van der Waals surface area (Å²) in [7, 11) is 0. The summed E-state index contributed by atoms with van der Waals surface area (Å²) < 4.78 is 13.7. The van der Waals surface area contributed by atoms with Crippen molar-refractivity contribution in [3.63, 3.8) is 0 Å². The number of anilines is 3. The maximum atomic E-state index is 13.7. The van der Waals surface area contributed by atoms with E-state index in [1.165, 1.54) is 6.07 Å². The minimum atomic E-state index is -0.363. The molecular formula is C22H22FN5O. The highest BCUT2D eigenvalue weighted by atomic mass is 19.1. The van der Waals surface area contributed by atoms with Gasteiger partial charge in [0, 0.05) is 49.9 Å². The molecule has 1 saturated heterocycles. The van der Waals surface area contributed by atoms with E-state index in [-0.39, 0.29) is 18.1 Å². The summed E-state index contributed by atoms with van der Waals surface area (Å²) in [5.74, 6) is 0.164. The number of rotatable bonds is 5. The third kappa shape index (κ3) is 4.68. The number of aromatic nitrogens is 2. The fourth-order valence-electron chi connectivity index (χ4n) is 3.39. The van der Waals surface area contributed by atoms with E-state index in [2.05, 4.69) is 25.1 Å². The number of piperazine rings is 1. The highest BCUT2D eigenvalue weighted by molar-refractivity contribution is 5.92. The maximum absolute atomic E-state index is 13.7. The molecule has 3 aromatic rings. The second kappa shape index (κ2) is 8.68. The molecule has 148 valence electrons. The number of benzene rings is 2. The predicted molar refractivity (Wildman–Crippen MR) is 112 cm³/mol. The second-order valence-electron chi connectivity index (χ2n) is 6.89. The first-order valence-electron chi connectivity index (χ1n) is 9.59. The van der Waals surface area contributed by atoms with Gasteiger partial charge in [-0.25, -0.2) is 14.4 Å². The first-order chi connectivity index (χ1) is 14.2. The smallest absolute Gasteiger partial charge is 0.228 e. The van der Waals surface area contributed by atoms with E-state index in [0.717, 1.165) is 37.8 Å². The Morgan fingerprint density at radius 2 is 1.55 bits per heavy atom. The Morgan fingerprint density at radius 3 is 2.24 bits per heavy atom. The molecule has 0 atom stereocenters. The van der Waals surface area contributed by atoms with Crippen molar-refractivity contribution in [1.29, 1.82) is 0 Å². The third-order valence-corrected chi connectivity index (χ3v) is 4.94. The average Bonchev–Trinajstić information content (AvgIpc) is 2.77. The van der Waals surface area contributed by atoms with Gasteiger partial charge in [-0.2, -0.15) is 0 Å². The molecule has 1 aliphatic rings. The van der Waals surface area contributed by atoms with Crippen LogP contribution in [0.1, 0.15) is 5.56 Å². The molecule has 0 spiro atoms. The van der Waals surface area contributed by atoms with E-state index in [1.807, 2.05) is 30.3 Å². The van der Waals surface area contributed by atoms with E-state index in [1.54, 1.807) is 30.6 Å². The van der Waals surface area contributed by atoms with Gasteiger partial charge in [-0.3, -0.25) is 4.79 Å². The lowest BCUT2D eigenvalue weighted by Crippen LogP contribution is -2.47. The zero-order valence-corrected chi connectivity index (χ0v) is 16.0. The topological polar surface area (TPSA) is 61.4 Å². The molecule has 0 saturated carbocycles. The molecule has 2 aromatic carbocycles. The van der Waals surface area contributed by atoms with Gasteiger partial charge in [0.2, 0.25) is 11.9 Å². The Morgan fingerprint density at radius 1 is 0.897 bits per heavy atom. The van der Waals surface area contributed by atoms with E-state index < -0.39 is 0 Å². The van der Waals surface area contributed by atoms with Crippen LogP contribution < -0.4 is 15.1 Å². The summed E-state index contributed by atoms with van der Waals surface area (Å²) in [6.07, 6.45) is 3.53. The molecule has 2 heterocycles. The van der Waals surface area contributed by atoms with Gasteiger partial charge in [-0.05, 0) is 42.0 Å². The van der Waals surface area contributed by atoms with Crippen molar-refractivity contribution in [2.75, 3.05) is 41.3 Å². The van der Waals surface area contributed by atoms with Crippen molar-refractivity contribution in [2.24, 2.45) is 0 Å². The minimum absolute atomic E-state index is 0.0118. The molecule has 29 heavy (non-hydrogen) atoms. The Kier molecular flexibility index (Phi) is 5.65. The van der Waals surface area contributed by atoms with Crippen LogP contribution in [-0.4, -0.2) is 42.1 Å². The fraction of sp³-hybridized carbons (Fsp3) is 0.227. The lowest BCUT2D eigenvalue weighted by atomic mass is 10.1. The van der Waals surface area contributed by atoms with Gasteiger partial charge in [0.05, 0.1) is 6.42 Å². The van der Waals surface area contributed by atoms with E-state index >= 15 is 0 Å². The van der Waals surface area contributed by atoms with E-state index in [9.17, 15) is 9.18 Å². The molecule has 1 aromatic heterocycles. The number of nitrogens with one attached hydrogen (secondary N) is 1. The first-order valence-corrected chi connectivity index (χ1v) is 9.59. The van der Waals surface area contributed by atoms with Gasteiger partial charge >= 0.3 is 0 Å². The van der Waals surface area contributed by atoms with Crippen LogP contribution in [0.25, 0.3) is 0 Å². The van der Waals surface area contributed by atoms with Gasteiger partial charge in [0.25, 0.3) is 0 Å². The van der Waals surface area contributed by atoms with E-state index in [0.29, 0.717) is 11.3 Å². The summed E-state index contributed by atoms with van der Waals surface area (Å²) >= 11 is 0. The number of hydrogen-bond donors (Lipinski definition) is 1. The summed E-state index contributed by atoms with van der Waals surface area (Å²) in [5, 5.41) is 2.83. The summed E-state index contributed by atoms with van der Waals surface area (Å²) in [5.41, 5.74) is 2.19. The van der Waals surface area contributed by atoms with Gasteiger partial charge in [0.1, 0.15) is 5.82 Å². The quantitative estimate of drug-likeness (QED) is 0.724. The molecule has 0 radical (unpaired) electrons. The van der Waals surface area contributed by atoms with Crippen molar-refractivity contribution < 1.29 is 9.18 Å². The molecular weight excluding hydrogens is 369 g/mol. The molecule has 0 aliphatic carbocycles. The Labute approximate surface area is 169 Å². The molecule has 1 amide bonds.